The maximum atomic E-state index is 13.4. The molecule has 2 aromatic carbocycles. The number of imide groups is 2. The number of carbonyl (C=O) groups excluding carboxylic acids is 5. The van der Waals surface area contributed by atoms with Gasteiger partial charge in [-0.05, 0) is 36.4 Å². The summed E-state index contributed by atoms with van der Waals surface area (Å²) in [6.45, 7) is 0.261. The smallest absolute Gasteiger partial charge is 0.339 e. The Morgan fingerprint density at radius 3 is 1.76 bits per heavy atom. The quantitative estimate of drug-likeness (QED) is 0.420. The van der Waals surface area contributed by atoms with Gasteiger partial charge in [0.15, 0.2) is 0 Å². The first-order valence-corrected chi connectivity index (χ1v) is 10.3. The molecule has 0 spiro atoms. The van der Waals surface area contributed by atoms with Crippen LogP contribution in [-0.2, 0) is 9.47 Å². The molecule has 2 aliphatic rings. The zero-order chi connectivity index (χ0) is 24.1. The fourth-order valence-corrected chi connectivity index (χ4v) is 4.28. The number of pyridine rings is 1. The third kappa shape index (κ3) is 2.92. The molecule has 3 heterocycles. The topological polar surface area (TPSA) is 123 Å². The van der Waals surface area contributed by atoms with Gasteiger partial charge in [-0.2, -0.15) is 0 Å². The van der Waals surface area contributed by atoms with Gasteiger partial charge in [0.1, 0.15) is 5.82 Å². The Hall–Kier alpha value is -4.44. The van der Waals surface area contributed by atoms with Crippen LogP contribution in [0.4, 0.5) is 5.82 Å². The van der Waals surface area contributed by atoms with E-state index in [-0.39, 0.29) is 57.6 Å². The fraction of sp³-hybridized carbons (Fsp3) is 0.167. The Morgan fingerprint density at radius 2 is 1.32 bits per heavy atom. The standard InChI is InChI=1S/C24H17N3O7/c1-33-10-9-26-20(28)13-4-6-15-19-16(7-5-14(18(13)19)21(26)29)23(31)27(22(15)30)17-8-3-12(11-25-17)24(32)34-2/h3-8,11H,9-10H2,1-2H3. The van der Waals surface area contributed by atoms with Crippen molar-refractivity contribution in [2.75, 3.05) is 32.3 Å². The third-order valence-corrected chi connectivity index (χ3v) is 5.90. The van der Waals surface area contributed by atoms with Crippen molar-refractivity contribution in [3.05, 3.63) is 70.4 Å². The first-order chi connectivity index (χ1) is 16.4. The van der Waals surface area contributed by atoms with Gasteiger partial charge < -0.3 is 9.47 Å². The van der Waals surface area contributed by atoms with Gasteiger partial charge >= 0.3 is 5.97 Å². The van der Waals surface area contributed by atoms with Crippen LogP contribution in [0.25, 0.3) is 10.8 Å². The molecule has 0 N–H and O–H groups in total. The molecule has 5 rings (SSSR count). The highest BCUT2D eigenvalue weighted by Crippen LogP contribution is 2.38. The zero-order valence-electron chi connectivity index (χ0n) is 18.2. The highest BCUT2D eigenvalue weighted by atomic mass is 16.5. The second-order valence-electron chi connectivity index (χ2n) is 7.67. The van der Waals surface area contributed by atoms with E-state index in [1.165, 1.54) is 56.8 Å². The van der Waals surface area contributed by atoms with E-state index in [2.05, 4.69) is 9.72 Å². The molecule has 34 heavy (non-hydrogen) atoms. The third-order valence-electron chi connectivity index (χ3n) is 5.90. The molecule has 10 heteroatoms. The molecule has 0 aliphatic carbocycles. The fourth-order valence-electron chi connectivity index (χ4n) is 4.28. The summed E-state index contributed by atoms with van der Waals surface area (Å²) in [7, 11) is 2.70. The molecule has 2 aliphatic heterocycles. The number of amides is 4. The van der Waals surface area contributed by atoms with Crippen LogP contribution in [0, 0.1) is 0 Å². The Balaban J connectivity index is 1.63. The van der Waals surface area contributed by atoms with E-state index in [4.69, 9.17) is 4.74 Å². The molecule has 0 radical (unpaired) electrons. The van der Waals surface area contributed by atoms with Gasteiger partial charge in [0.2, 0.25) is 0 Å². The maximum absolute atomic E-state index is 13.4. The molecule has 0 saturated carbocycles. The molecule has 0 bridgehead atoms. The van der Waals surface area contributed by atoms with Crippen LogP contribution < -0.4 is 4.90 Å². The number of anilines is 1. The average molecular weight is 459 g/mol. The van der Waals surface area contributed by atoms with Crippen molar-refractivity contribution < 1.29 is 33.4 Å². The van der Waals surface area contributed by atoms with E-state index in [1.54, 1.807) is 0 Å². The molecular formula is C24H17N3O7. The first-order valence-electron chi connectivity index (χ1n) is 10.3. The summed E-state index contributed by atoms with van der Waals surface area (Å²) in [6.07, 6.45) is 1.21. The molecule has 0 unspecified atom stereocenters. The van der Waals surface area contributed by atoms with Gasteiger partial charge in [0.05, 0.1) is 25.8 Å². The lowest BCUT2D eigenvalue weighted by Gasteiger charge is -2.31. The number of benzene rings is 2. The first kappa shape index (κ1) is 21.4. The summed E-state index contributed by atoms with van der Waals surface area (Å²) in [5.41, 5.74) is 0.971. The van der Waals surface area contributed by atoms with Crippen LogP contribution in [0.15, 0.2) is 42.6 Å². The van der Waals surface area contributed by atoms with Crippen LogP contribution in [0.3, 0.4) is 0 Å². The Morgan fingerprint density at radius 1 is 0.794 bits per heavy atom. The van der Waals surface area contributed by atoms with E-state index in [1.807, 2.05) is 0 Å². The number of nitrogens with zero attached hydrogens (tertiary/aromatic N) is 3. The predicted molar refractivity (Wildman–Crippen MR) is 118 cm³/mol. The molecule has 1 aromatic heterocycles. The van der Waals surface area contributed by atoms with Crippen molar-refractivity contribution in [3.63, 3.8) is 0 Å². The molecule has 10 nitrogen and oxygen atoms in total. The van der Waals surface area contributed by atoms with Gasteiger partial charge in [-0.25, -0.2) is 14.7 Å². The summed E-state index contributed by atoms with van der Waals surface area (Å²) in [6, 6.07) is 8.68. The van der Waals surface area contributed by atoms with Crippen LogP contribution in [0.5, 0.6) is 0 Å². The van der Waals surface area contributed by atoms with Crippen LogP contribution in [-0.4, -0.2) is 66.9 Å². The minimum atomic E-state index is -0.652. The van der Waals surface area contributed by atoms with E-state index < -0.39 is 29.6 Å². The van der Waals surface area contributed by atoms with E-state index in [9.17, 15) is 24.0 Å². The number of rotatable bonds is 5. The van der Waals surface area contributed by atoms with Crippen LogP contribution >= 0.6 is 0 Å². The van der Waals surface area contributed by atoms with Gasteiger partial charge in [0.25, 0.3) is 23.6 Å². The zero-order valence-corrected chi connectivity index (χ0v) is 18.2. The van der Waals surface area contributed by atoms with Crippen molar-refractivity contribution >= 4 is 46.2 Å². The lowest BCUT2D eigenvalue weighted by Crippen LogP contribution is -2.44. The SMILES string of the molecule is COCCN1C(=O)c2ccc3c4c(ccc(c24)C1=O)C(=O)N(c1ccc(C(=O)OC)cn1)C3=O. The monoisotopic (exact) mass is 459 g/mol. The van der Waals surface area contributed by atoms with Crippen LogP contribution in [0.1, 0.15) is 51.8 Å². The largest absolute Gasteiger partial charge is 0.465 e. The Labute approximate surface area is 192 Å². The number of carbonyl (C=O) groups is 5. The number of methoxy groups -OCH3 is 2. The van der Waals surface area contributed by atoms with Crippen molar-refractivity contribution in [1.29, 1.82) is 0 Å². The van der Waals surface area contributed by atoms with E-state index >= 15 is 0 Å². The normalized spacial score (nSPS) is 14.8. The summed E-state index contributed by atoms with van der Waals surface area (Å²) in [5, 5.41) is 0.550. The number of aromatic nitrogens is 1. The number of hydrogen-bond donors (Lipinski definition) is 0. The second-order valence-corrected chi connectivity index (χ2v) is 7.67. The van der Waals surface area contributed by atoms with Gasteiger partial charge in [-0.3, -0.25) is 24.1 Å². The maximum Gasteiger partial charge on any atom is 0.339 e. The summed E-state index contributed by atoms with van der Waals surface area (Å²) >= 11 is 0. The molecular weight excluding hydrogens is 442 g/mol. The molecule has 0 atom stereocenters. The minimum absolute atomic E-state index is 0.0274. The Kier molecular flexibility index (Phi) is 4.94. The summed E-state index contributed by atoms with van der Waals surface area (Å²) in [5.74, 6) is -2.91. The van der Waals surface area contributed by atoms with Crippen LogP contribution in [0.2, 0.25) is 0 Å². The van der Waals surface area contributed by atoms with Crippen molar-refractivity contribution in [1.82, 2.24) is 9.88 Å². The number of hydrogen-bond acceptors (Lipinski definition) is 8. The number of ether oxygens (including phenoxy) is 2. The molecule has 0 fully saturated rings. The van der Waals surface area contributed by atoms with E-state index in [0.717, 1.165) is 9.80 Å². The van der Waals surface area contributed by atoms with Crippen molar-refractivity contribution in [3.8, 4) is 0 Å². The molecule has 0 saturated heterocycles. The lowest BCUT2D eigenvalue weighted by atomic mass is 9.86. The molecule has 3 aromatic rings. The molecule has 170 valence electrons. The predicted octanol–water partition coefficient (Wildman–Crippen LogP) is 2.06. The van der Waals surface area contributed by atoms with Gasteiger partial charge in [-0.15, -0.1) is 0 Å². The summed E-state index contributed by atoms with van der Waals surface area (Å²) in [4.78, 5) is 70.5. The lowest BCUT2D eigenvalue weighted by molar-refractivity contribution is 0.0556. The van der Waals surface area contributed by atoms with Gasteiger partial charge in [0, 0.05) is 46.3 Å². The highest BCUT2D eigenvalue weighted by molar-refractivity contribution is 6.39. The molecule has 4 amide bonds. The number of esters is 1. The summed E-state index contributed by atoms with van der Waals surface area (Å²) < 4.78 is 9.65. The van der Waals surface area contributed by atoms with Crippen molar-refractivity contribution in [2.45, 2.75) is 0 Å². The van der Waals surface area contributed by atoms with E-state index in [0.29, 0.717) is 0 Å². The van der Waals surface area contributed by atoms with Gasteiger partial charge in [-0.1, -0.05) is 0 Å². The Bertz CT molecular complexity index is 1360. The van der Waals surface area contributed by atoms with Crippen molar-refractivity contribution in [2.24, 2.45) is 0 Å². The minimum Gasteiger partial charge on any atom is -0.465 e. The highest BCUT2D eigenvalue weighted by Gasteiger charge is 2.40. The second kappa shape index (κ2) is 7.85. The average Bonchev–Trinajstić information content (AvgIpc) is 2.86.